The summed E-state index contributed by atoms with van der Waals surface area (Å²) in [5.74, 6) is -1.20. The number of thiophene rings is 1. The van der Waals surface area contributed by atoms with Gasteiger partial charge in [-0.3, -0.25) is 14.4 Å². The SMILES string of the molecule is NC(=O)CCNC(=O)c1ccccc1NC(=O)c1ccc(-c2ccc(Cl)cc2)s1. The lowest BCUT2D eigenvalue weighted by molar-refractivity contribution is -0.117. The molecule has 0 aliphatic heterocycles. The van der Waals surface area contributed by atoms with Crippen LogP contribution in [0.4, 0.5) is 5.69 Å². The van der Waals surface area contributed by atoms with E-state index in [1.54, 1.807) is 42.5 Å². The number of amides is 3. The lowest BCUT2D eigenvalue weighted by Crippen LogP contribution is -2.28. The molecule has 0 atom stereocenters. The number of nitrogens with two attached hydrogens (primary N) is 1. The Labute approximate surface area is 176 Å². The van der Waals surface area contributed by atoms with E-state index in [0.717, 1.165) is 10.4 Å². The zero-order valence-electron chi connectivity index (χ0n) is 15.3. The maximum Gasteiger partial charge on any atom is 0.265 e. The van der Waals surface area contributed by atoms with Crippen molar-refractivity contribution in [1.82, 2.24) is 5.32 Å². The Morgan fingerprint density at radius 3 is 2.38 bits per heavy atom. The van der Waals surface area contributed by atoms with Crippen LogP contribution in [0.15, 0.2) is 60.7 Å². The fraction of sp³-hybridized carbons (Fsp3) is 0.0952. The third kappa shape index (κ3) is 5.43. The molecule has 0 aliphatic rings. The number of benzene rings is 2. The number of halogens is 1. The summed E-state index contributed by atoms with van der Waals surface area (Å²) in [5, 5.41) is 6.04. The summed E-state index contributed by atoms with van der Waals surface area (Å²) in [6.45, 7) is 0.131. The van der Waals surface area contributed by atoms with Gasteiger partial charge < -0.3 is 16.4 Å². The van der Waals surface area contributed by atoms with Crippen LogP contribution in [0.3, 0.4) is 0 Å². The van der Waals surface area contributed by atoms with Crippen LogP contribution < -0.4 is 16.4 Å². The molecule has 0 radical (unpaired) electrons. The first-order chi connectivity index (χ1) is 13.9. The molecule has 3 rings (SSSR count). The van der Waals surface area contributed by atoms with Gasteiger partial charge in [0.1, 0.15) is 0 Å². The first kappa shape index (κ1) is 20.6. The molecule has 8 heteroatoms. The molecule has 0 spiro atoms. The van der Waals surface area contributed by atoms with Gasteiger partial charge in [0, 0.05) is 22.9 Å². The monoisotopic (exact) mass is 427 g/mol. The van der Waals surface area contributed by atoms with Crippen molar-refractivity contribution in [2.24, 2.45) is 5.73 Å². The van der Waals surface area contributed by atoms with Crippen molar-refractivity contribution in [2.45, 2.75) is 6.42 Å². The third-order valence-corrected chi connectivity index (χ3v) is 5.42. The van der Waals surface area contributed by atoms with Gasteiger partial charge in [0.2, 0.25) is 5.91 Å². The van der Waals surface area contributed by atoms with Crippen molar-refractivity contribution in [3.63, 3.8) is 0 Å². The Morgan fingerprint density at radius 1 is 0.931 bits per heavy atom. The van der Waals surface area contributed by atoms with E-state index < -0.39 is 11.8 Å². The lowest BCUT2D eigenvalue weighted by Gasteiger charge is -2.10. The van der Waals surface area contributed by atoms with Gasteiger partial charge in [-0.15, -0.1) is 11.3 Å². The quantitative estimate of drug-likeness (QED) is 0.532. The number of anilines is 1. The molecule has 0 aliphatic carbocycles. The first-order valence-corrected chi connectivity index (χ1v) is 9.96. The molecule has 0 bridgehead atoms. The highest BCUT2D eigenvalue weighted by Gasteiger charge is 2.15. The zero-order chi connectivity index (χ0) is 20.8. The van der Waals surface area contributed by atoms with E-state index in [2.05, 4.69) is 10.6 Å². The number of carbonyl (C=O) groups is 3. The highest BCUT2D eigenvalue weighted by atomic mass is 35.5. The summed E-state index contributed by atoms with van der Waals surface area (Å²) >= 11 is 7.26. The third-order valence-electron chi connectivity index (χ3n) is 4.04. The summed E-state index contributed by atoms with van der Waals surface area (Å²) in [6, 6.07) is 17.6. The largest absolute Gasteiger partial charge is 0.370 e. The predicted octanol–water partition coefficient (Wildman–Crippen LogP) is 3.93. The van der Waals surface area contributed by atoms with E-state index in [-0.39, 0.29) is 18.9 Å². The van der Waals surface area contributed by atoms with Crippen LogP contribution in [0.1, 0.15) is 26.5 Å². The zero-order valence-corrected chi connectivity index (χ0v) is 16.8. The Morgan fingerprint density at radius 2 is 1.66 bits per heavy atom. The molecule has 1 aromatic heterocycles. The Hall–Kier alpha value is -3.16. The van der Waals surface area contributed by atoms with Gasteiger partial charge in [-0.1, -0.05) is 35.9 Å². The van der Waals surface area contributed by atoms with E-state index in [1.807, 2.05) is 18.2 Å². The minimum Gasteiger partial charge on any atom is -0.370 e. The number of primary amides is 1. The second-order valence-corrected chi connectivity index (χ2v) is 7.66. The minimum absolute atomic E-state index is 0.0446. The molecule has 6 nitrogen and oxygen atoms in total. The smallest absolute Gasteiger partial charge is 0.265 e. The van der Waals surface area contributed by atoms with E-state index in [0.29, 0.717) is 21.2 Å². The van der Waals surface area contributed by atoms with Crippen molar-refractivity contribution in [2.75, 3.05) is 11.9 Å². The Bertz CT molecular complexity index is 1050. The molecule has 3 amide bonds. The number of para-hydroxylation sites is 1. The van der Waals surface area contributed by atoms with Crippen molar-refractivity contribution in [1.29, 1.82) is 0 Å². The van der Waals surface area contributed by atoms with E-state index >= 15 is 0 Å². The summed E-state index contributed by atoms with van der Waals surface area (Å²) in [6.07, 6.45) is 0.0446. The molecule has 2 aromatic carbocycles. The summed E-state index contributed by atoms with van der Waals surface area (Å²) in [7, 11) is 0. The van der Waals surface area contributed by atoms with Gasteiger partial charge in [-0.05, 0) is 42.0 Å². The normalized spacial score (nSPS) is 10.4. The minimum atomic E-state index is -0.499. The van der Waals surface area contributed by atoms with Gasteiger partial charge in [0.05, 0.1) is 16.1 Å². The predicted molar refractivity (Wildman–Crippen MR) is 115 cm³/mol. The van der Waals surface area contributed by atoms with Gasteiger partial charge in [0.15, 0.2) is 0 Å². The summed E-state index contributed by atoms with van der Waals surface area (Å²) in [4.78, 5) is 37.3. The van der Waals surface area contributed by atoms with Crippen molar-refractivity contribution >= 4 is 46.3 Å². The van der Waals surface area contributed by atoms with Crippen molar-refractivity contribution < 1.29 is 14.4 Å². The maximum absolute atomic E-state index is 12.7. The number of hydrogen-bond acceptors (Lipinski definition) is 4. The van der Waals surface area contributed by atoms with Crippen LogP contribution in [0.2, 0.25) is 5.02 Å². The van der Waals surface area contributed by atoms with Crippen LogP contribution in [0, 0.1) is 0 Å². The molecule has 4 N–H and O–H groups in total. The number of nitrogens with one attached hydrogen (secondary N) is 2. The van der Waals surface area contributed by atoms with Crippen LogP contribution in [0.25, 0.3) is 10.4 Å². The number of carbonyl (C=O) groups excluding carboxylic acids is 3. The average molecular weight is 428 g/mol. The van der Waals surface area contributed by atoms with Gasteiger partial charge in [-0.2, -0.15) is 0 Å². The van der Waals surface area contributed by atoms with Crippen molar-refractivity contribution in [3.05, 3.63) is 76.1 Å². The Kier molecular flexibility index (Phi) is 6.64. The summed E-state index contributed by atoms with van der Waals surface area (Å²) in [5.41, 5.74) is 6.73. The fourth-order valence-corrected chi connectivity index (χ4v) is 3.63. The Balaban J connectivity index is 1.72. The van der Waals surface area contributed by atoms with Gasteiger partial charge in [-0.25, -0.2) is 0 Å². The van der Waals surface area contributed by atoms with Crippen LogP contribution in [-0.2, 0) is 4.79 Å². The van der Waals surface area contributed by atoms with E-state index in [1.165, 1.54) is 11.3 Å². The van der Waals surface area contributed by atoms with Crippen LogP contribution in [-0.4, -0.2) is 24.3 Å². The first-order valence-electron chi connectivity index (χ1n) is 8.76. The topological polar surface area (TPSA) is 101 Å². The lowest BCUT2D eigenvalue weighted by atomic mass is 10.1. The maximum atomic E-state index is 12.7. The molecule has 0 fully saturated rings. The second-order valence-electron chi connectivity index (χ2n) is 6.14. The standard InChI is InChI=1S/C21H18ClN3O3S/c22-14-7-5-13(6-8-14)17-9-10-18(29-17)21(28)25-16-4-2-1-3-15(16)20(27)24-12-11-19(23)26/h1-10H,11-12H2,(H2,23,26)(H,24,27)(H,25,28). The van der Waals surface area contributed by atoms with E-state index in [9.17, 15) is 14.4 Å². The van der Waals surface area contributed by atoms with Crippen LogP contribution in [0.5, 0.6) is 0 Å². The molecule has 0 saturated heterocycles. The molecule has 29 heavy (non-hydrogen) atoms. The number of rotatable bonds is 7. The highest BCUT2D eigenvalue weighted by Crippen LogP contribution is 2.29. The number of hydrogen-bond donors (Lipinski definition) is 3. The molecule has 1 heterocycles. The average Bonchev–Trinajstić information content (AvgIpc) is 3.19. The molecular weight excluding hydrogens is 410 g/mol. The molecule has 148 valence electrons. The van der Waals surface area contributed by atoms with E-state index in [4.69, 9.17) is 17.3 Å². The molecule has 0 unspecified atom stereocenters. The second kappa shape index (κ2) is 9.36. The highest BCUT2D eigenvalue weighted by molar-refractivity contribution is 7.17. The molecule has 3 aromatic rings. The molecule has 0 saturated carbocycles. The van der Waals surface area contributed by atoms with Crippen LogP contribution >= 0.6 is 22.9 Å². The van der Waals surface area contributed by atoms with Crippen molar-refractivity contribution in [3.8, 4) is 10.4 Å². The van der Waals surface area contributed by atoms with Gasteiger partial charge >= 0.3 is 0 Å². The summed E-state index contributed by atoms with van der Waals surface area (Å²) < 4.78 is 0. The molecular formula is C21H18ClN3O3S. The fourth-order valence-electron chi connectivity index (χ4n) is 2.60. The van der Waals surface area contributed by atoms with Gasteiger partial charge in [0.25, 0.3) is 11.8 Å².